The van der Waals surface area contributed by atoms with E-state index in [0.717, 1.165) is 86.6 Å². The van der Waals surface area contributed by atoms with Gasteiger partial charge in [0.15, 0.2) is 0 Å². The Bertz CT molecular complexity index is 948. The van der Waals surface area contributed by atoms with E-state index in [9.17, 15) is 9.59 Å². The van der Waals surface area contributed by atoms with Gasteiger partial charge in [-0.15, -0.1) is 0 Å². The second-order valence-corrected chi connectivity index (χ2v) is 15.8. The minimum Gasteiger partial charge on any atom is -0.441 e. The van der Waals surface area contributed by atoms with Gasteiger partial charge in [-0.1, -0.05) is 13.8 Å². The fourth-order valence-corrected chi connectivity index (χ4v) is 12.7. The van der Waals surface area contributed by atoms with Crippen LogP contribution in [0.15, 0.2) is 0 Å². The molecule has 1 aliphatic heterocycles. The van der Waals surface area contributed by atoms with Crippen LogP contribution in [0.4, 0.5) is 4.79 Å². The number of fused-ring (bicyclic) bond motifs is 5. The minimum absolute atomic E-state index is 0.000929. The molecule has 1 spiro atoms. The molecule has 1 amide bonds. The van der Waals surface area contributed by atoms with Gasteiger partial charge in [0.05, 0.1) is 6.54 Å². The van der Waals surface area contributed by atoms with Gasteiger partial charge in [0.2, 0.25) is 0 Å². The fraction of sp³-hybridized carbons (Fsp3) is 0.938. The standard InChI is InChI=1S/C32H47NO3/c1-30-9-10-32(16-23(30)3-4-24-26-5-6-28(34)31(26,2)8-7-27(24)30)18-33(29(35)36-32)17-25-21-12-19-11-20(14-21)15-22(25)13-19/h19-27H,3-18H2,1-2H3/t19?,20?,21?,22?,23?,24-,25?,26-,27-,30-,31-,32+/m0/s1. The predicted molar refractivity (Wildman–Crippen MR) is 138 cm³/mol. The van der Waals surface area contributed by atoms with Crippen molar-refractivity contribution in [1.29, 1.82) is 0 Å². The molecule has 0 N–H and O–H groups in total. The quantitative estimate of drug-likeness (QED) is 0.422. The smallest absolute Gasteiger partial charge is 0.410 e. The van der Waals surface area contributed by atoms with E-state index in [1.807, 2.05) is 0 Å². The Morgan fingerprint density at radius 1 is 0.861 bits per heavy atom. The molecule has 1 heterocycles. The Hall–Kier alpha value is -1.06. The lowest BCUT2D eigenvalue weighted by molar-refractivity contribution is -0.149. The van der Waals surface area contributed by atoms with Crippen molar-refractivity contribution >= 4 is 11.9 Å². The van der Waals surface area contributed by atoms with Gasteiger partial charge in [-0.3, -0.25) is 4.79 Å². The molecule has 4 bridgehead atoms. The maximum Gasteiger partial charge on any atom is 0.410 e. The highest BCUT2D eigenvalue weighted by atomic mass is 16.6. The number of rotatable bonds is 2. The number of hydrogen-bond acceptors (Lipinski definition) is 3. The topological polar surface area (TPSA) is 46.6 Å². The van der Waals surface area contributed by atoms with Crippen molar-refractivity contribution in [2.45, 2.75) is 109 Å². The molecule has 7 atom stereocenters. The van der Waals surface area contributed by atoms with Crippen molar-refractivity contribution in [3.05, 3.63) is 0 Å². The van der Waals surface area contributed by atoms with Crippen molar-refractivity contribution in [2.24, 2.45) is 64.1 Å². The third-order valence-corrected chi connectivity index (χ3v) is 14.4. The first-order valence-corrected chi connectivity index (χ1v) is 15.8. The van der Waals surface area contributed by atoms with E-state index in [0.29, 0.717) is 23.0 Å². The summed E-state index contributed by atoms with van der Waals surface area (Å²) in [5.74, 6) is 7.81. The molecule has 36 heavy (non-hydrogen) atoms. The van der Waals surface area contributed by atoms with E-state index in [1.165, 1.54) is 57.8 Å². The molecule has 8 saturated carbocycles. The molecule has 4 nitrogen and oxygen atoms in total. The number of amides is 1. The number of carbonyl (C=O) groups is 2. The van der Waals surface area contributed by atoms with Gasteiger partial charge in [0.1, 0.15) is 11.4 Å². The highest BCUT2D eigenvalue weighted by Crippen LogP contribution is 2.67. The van der Waals surface area contributed by atoms with Crippen LogP contribution >= 0.6 is 0 Å². The summed E-state index contributed by atoms with van der Waals surface area (Å²) in [6.07, 6.45) is 17.4. The van der Waals surface area contributed by atoms with Crippen molar-refractivity contribution < 1.29 is 14.3 Å². The predicted octanol–water partition coefficient (Wildman–Crippen LogP) is 6.86. The van der Waals surface area contributed by atoms with E-state index >= 15 is 0 Å². The summed E-state index contributed by atoms with van der Waals surface area (Å²) in [5, 5.41) is 0. The summed E-state index contributed by atoms with van der Waals surface area (Å²) in [6.45, 7) is 6.70. The maximum atomic E-state index is 13.2. The molecule has 0 radical (unpaired) electrons. The number of ketones is 1. The monoisotopic (exact) mass is 493 g/mol. The summed E-state index contributed by atoms with van der Waals surface area (Å²) in [7, 11) is 0. The van der Waals surface area contributed by atoms with Gasteiger partial charge in [0.25, 0.3) is 0 Å². The van der Waals surface area contributed by atoms with E-state index in [2.05, 4.69) is 18.7 Å². The zero-order chi connectivity index (χ0) is 24.4. The second-order valence-electron chi connectivity index (χ2n) is 15.8. The first-order chi connectivity index (χ1) is 17.3. The Balaban J connectivity index is 0.972. The molecule has 8 aliphatic carbocycles. The van der Waals surface area contributed by atoms with Crippen molar-refractivity contribution in [1.82, 2.24) is 4.90 Å². The summed E-state index contributed by atoms with van der Waals surface area (Å²) in [6, 6.07) is 0. The van der Waals surface area contributed by atoms with Gasteiger partial charge in [-0.05, 0) is 142 Å². The lowest BCUT2D eigenvalue weighted by atomic mass is 9.44. The van der Waals surface area contributed by atoms with E-state index in [4.69, 9.17) is 4.74 Å². The first kappa shape index (κ1) is 22.9. The van der Waals surface area contributed by atoms with E-state index in [-0.39, 0.29) is 17.1 Å². The lowest BCUT2D eigenvalue weighted by Gasteiger charge is -2.61. The van der Waals surface area contributed by atoms with E-state index in [1.54, 1.807) is 0 Å². The van der Waals surface area contributed by atoms with Crippen LogP contribution in [0.5, 0.6) is 0 Å². The van der Waals surface area contributed by atoms with Crippen molar-refractivity contribution in [2.75, 3.05) is 13.1 Å². The molecule has 0 aromatic carbocycles. The third-order valence-electron chi connectivity index (χ3n) is 14.4. The lowest BCUT2D eigenvalue weighted by Crippen LogP contribution is -2.56. The summed E-state index contributed by atoms with van der Waals surface area (Å²) < 4.78 is 6.37. The molecule has 198 valence electrons. The van der Waals surface area contributed by atoms with Gasteiger partial charge < -0.3 is 9.64 Å². The number of ether oxygens (including phenoxy) is 1. The SMILES string of the molecule is C[C@]12CC[C@@]3(CC1CC[C@@H]1[C@@H]2CC[C@]2(C)C(=O)CC[C@@H]12)CN(CC1C2CC4CC(C2)CC1C4)C(=O)O3. The van der Waals surface area contributed by atoms with Crippen LogP contribution < -0.4 is 0 Å². The normalized spacial score (nSPS) is 57.1. The van der Waals surface area contributed by atoms with Crippen LogP contribution in [0.1, 0.15) is 104 Å². The van der Waals surface area contributed by atoms with Crippen LogP contribution in [-0.2, 0) is 9.53 Å². The second kappa shape index (κ2) is 7.53. The van der Waals surface area contributed by atoms with Crippen LogP contribution in [0.25, 0.3) is 0 Å². The summed E-state index contributed by atoms with van der Waals surface area (Å²) >= 11 is 0. The molecule has 9 aliphatic rings. The molecule has 9 fully saturated rings. The average molecular weight is 494 g/mol. The average Bonchev–Trinajstić information content (AvgIpc) is 3.31. The Kier molecular flexibility index (Phi) is 4.79. The number of hydrogen-bond donors (Lipinski definition) is 0. The molecule has 4 heteroatoms. The molecule has 0 aromatic rings. The molecule has 1 saturated heterocycles. The zero-order valence-electron chi connectivity index (χ0n) is 22.7. The summed E-state index contributed by atoms with van der Waals surface area (Å²) in [4.78, 5) is 28.2. The third kappa shape index (κ3) is 3.05. The Morgan fingerprint density at radius 2 is 1.61 bits per heavy atom. The number of carbonyl (C=O) groups excluding carboxylic acids is 2. The van der Waals surface area contributed by atoms with Gasteiger partial charge in [0, 0.05) is 18.4 Å². The molecular formula is C32H47NO3. The van der Waals surface area contributed by atoms with Crippen LogP contribution in [0.3, 0.4) is 0 Å². The molecule has 9 rings (SSSR count). The van der Waals surface area contributed by atoms with Gasteiger partial charge in [-0.2, -0.15) is 0 Å². The first-order valence-electron chi connectivity index (χ1n) is 15.8. The minimum atomic E-state index is -0.230. The largest absolute Gasteiger partial charge is 0.441 e. The Morgan fingerprint density at radius 3 is 2.36 bits per heavy atom. The number of nitrogens with zero attached hydrogens (tertiary/aromatic N) is 1. The molecule has 0 aromatic heterocycles. The highest BCUT2D eigenvalue weighted by molar-refractivity contribution is 5.87. The van der Waals surface area contributed by atoms with Gasteiger partial charge >= 0.3 is 6.09 Å². The summed E-state index contributed by atoms with van der Waals surface area (Å²) in [5.41, 5.74) is 0.106. The zero-order valence-corrected chi connectivity index (χ0v) is 22.7. The van der Waals surface area contributed by atoms with Crippen molar-refractivity contribution in [3.8, 4) is 0 Å². The van der Waals surface area contributed by atoms with E-state index < -0.39 is 0 Å². The fourth-order valence-electron chi connectivity index (χ4n) is 12.7. The van der Waals surface area contributed by atoms with Crippen LogP contribution in [0, 0.1) is 64.1 Å². The Labute approximate surface area is 217 Å². The molecular weight excluding hydrogens is 446 g/mol. The maximum absolute atomic E-state index is 13.2. The number of Topliss-reactive ketones (excluding diaryl/α,β-unsaturated/α-hetero) is 1. The van der Waals surface area contributed by atoms with Gasteiger partial charge in [-0.25, -0.2) is 4.79 Å². The van der Waals surface area contributed by atoms with Crippen LogP contribution in [0.2, 0.25) is 0 Å². The molecule has 1 unspecified atom stereocenters. The van der Waals surface area contributed by atoms with Crippen LogP contribution in [-0.4, -0.2) is 35.5 Å². The van der Waals surface area contributed by atoms with Crippen molar-refractivity contribution in [3.63, 3.8) is 0 Å². The highest BCUT2D eigenvalue weighted by Gasteiger charge is 2.63.